The molecule has 44 heavy (non-hydrogen) atoms. The molecule has 2 fully saturated rings. The van der Waals surface area contributed by atoms with Gasteiger partial charge in [-0.25, -0.2) is 4.42 Å². The third kappa shape index (κ3) is 5.86. The normalized spacial score (nSPS) is 32.5. The molecule has 10 N–H and O–H groups in total. The van der Waals surface area contributed by atoms with E-state index in [-0.39, 0.29) is 39.5 Å². The van der Waals surface area contributed by atoms with Crippen LogP contribution in [0.25, 0.3) is 22.3 Å². The molecule has 16 nitrogen and oxygen atoms in total. The average molecular weight is 626 g/mol. The molecule has 3 heterocycles. The van der Waals surface area contributed by atoms with Crippen molar-refractivity contribution < 1.29 is 79.2 Å². The Kier molecular flexibility index (Phi) is 8.90. The van der Waals surface area contributed by atoms with Gasteiger partial charge in [-0.15, -0.1) is 0 Å². The third-order valence-electron chi connectivity index (χ3n) is 7.48. The van der Waals surface area contributed by atoms with E-state index in [2.05, 4.69) is 0 Å². The van der Waals surface area contributed by atoms with Gasteiger partial charge in [0.2, 0.25) is 17.8 Å². The molecule has 240 valence electrons. The fourth-order valence-electron chi connectivity index (χ4n) is 5.03. The van der Waals surface area contributed by atoms with Gasteiger partial charge in [0.25, 0.3) is 0 Å². The van der Waals surface area contributed by atoms with Crippen LogP contribution in [-0.2, 0) is 14.2 Å². The minimum atomic E-state index is -1.86. The van der Waals surface area contributed by atoms with E-state index >= 15 is 0 Å². The van der Waals surface area contributed by atoms with Crippen molar-refractivity contribution in [3.8, 4) is 45.8 Å². The van der Waals surface area contributed by atoms with Crippen LogP contribution in [0.3, 0.4) is 0 Å². The molecule has 0 amide bonds. The van der Waals surface area contributed by atoms with Crippen LogP contribution in [-0.4, -0.2) is 126 Å². The lowest BCUT2D eigenvalue weighted by molar-refractivity contribution is -0.318. The van der Waals surface area contributed by atoms with Gasteiger partial charge in [-0.1, -0.05) is 0 Å². The molecular weight excluding hydrogens is 592 g/mol. The van der Waals surface area contributed by atoms with Crippen LogP contribution in [0.15, 0.2) is 34.7 Å². The van der Waals surface area contributed by atoms with Gasteiger partial charge in [-0.2, -0.15) is 0 Å². The summed E-state index contributed by atoms with van der Waals surface area (Å²) in [6.07, 6.45) is -15.5. The second-order valence-electron chi connectivity index (χ2n) is 10.5. The predicted octanol–water partition coefficient (Wildman–Crippen LogP) is -0.758. The molecule has 0 bridgehead atoms. The maximum absolute atomic E-state index is 10.7. The number of rotatable bonds is 7. The van der Waals surface area contributed by atoms with E-state index in [1.54, 1.807) is 0 Å². The quantitative estimate of drug-likeness (QED) is 0.145. The molecule has 10 atom stereocenters. The van der Waals surface area contributed by atoms with Crippen molar-refractivity contribution in [3.63, 3.8) is 0 Å². The molecule has 0 radical (unpaired) electrons. The molecule has 1 aromatic heterocycles. The Morgan fingerprint density at radius 2 is 1.36 bits per heavy atom. The second-order valence-corrected chi connectivity index (χ2v) is 10.5. The van der Waals surface area contributed by atoms with Crippen LogP contribution in [0.2, 0.25) is 0 Å². The number of fused-ring (bicyclic) bond motifs is 1. The molecule has 5 rings (SSSR count). The van der Waals surface area contributed by atoms with Crippen molar-refractivity contribution in [2.45, 2.75) is 68.3 Å². The Hall–Kier alpha value is -3.71. The average Bonchev–Trinajstić information content (AvgIpc) is 2.97. The summed E-state index contributed by atoms with van der Waals surface area (Å²) in [5.41, 5.74) is -0.0244. The minimum Gasteiger partial charge on any atom is -0.507 e. The van der Waals surface area contributed by atoms with Crippen molar-refractivity contribution in [1.82, 2.24) is 0 Å². The lowest BCUT2D eigenvalue weighted by atomic mass is 9.98. The summed E-state index contributed by atoms with van der Waals surface area (Å²) in [5, 5.41) is 103. The number of aliphatic hydroxyl groups is 6. The van der Waals surface area contributed by atoms with Crippen LogP contribution >= 0.6 is 0 Å². The van der Waals surface area contributed by atoms with E-state index in [1.807, 2.05) is 0 Å². The molecule has 0 saturated carbocycles. The van der Waals surface area contributed by atoms with E-state index in [9.17, 15) is 51.1 Å². The summed E-state index contributed by atoms with van der Waals surface area (Å²) in [4.78, 5) is 0. The van der Waals surface area contributed by atoms with E-state index < -0.39 is 85.3 Å². The van der Waals surface area contributed by atoms with Crippen molar-refractivity contribution in [2.75, 3.05) is 13.7 Å². The molecule has 0 unspecified atom stereocenters. The third-order valence-corrected chi connectivity index (χ3v) is 7.48. The Bertz CT molecular complexity index is 1480. The first-order chi connectivity index (χ1) is 20.8. The number of aromatic hydroxyl groups is 4. The highest BCUT2D eigenvalue weighted by atomic mass is 16.7. The number of phenolic OH excluding ortho intramolecular Hbond substituents is 4. The van der Waals surface area contributed by atoms with Crippen LogP contribution < -0.4 is 9.47 Å². The first-order valence-electron chi connectivity index (χ1n) is 13.4. The van der Waals surface area contributed by atoms with Crippen LogP contribution in [0.4, 0.5) is 0 Å². The Labute approximate surface area is 248 Å². The monoisotopic (exact) mass is 625 g/mol. The second kappa shape index (κ2) is 12.4. The number of phenols is 4. The Morgan fingerprint density at radius 3 is 2.02 bits per heavy atom. The summed E-state index contributed by atoms with van der Waals surface area (Å²) in [6.45, 7) is 0.900. The number of benzene rings is 2. The van der Waals surface area contributed by atoms with E-state index in [0.717, 1.165) is 18.2 Å². The first-order valence-corrected chi connectivity index (χ1v) is 13.4. The fraction of sp³-hybridized carbons (Fsp3) is 0.464. The van der Waals surface area contributed by atoms with Gasteiger partial charge in [0, 0.05) is 24.3 Å². The molecule has 3 aromatic rings. The molecular formula is C28H33O16+. The maximum atomic E-state index is 10.7. The van der Waals surface area contributed by atoms with Crippen molar-refractivity contribution >= 4 is 11.0 Å². The molecule has 2 aliphatic heterocycles. The molecule has 16 heteroatoms. The zero-order valence-corrected chi connectivity index (χ0v) is 23.3. The summed E-state index contributed by atoms with van der Waals surface area (Å²) in [7, 11) is 1.23. The van der Waals surface area contributed by atoms with E-state index in [0.29, 0.717) is 0 Å². The van der Waals surface area contributed by atoms with E-state index in [1.165, 1.54) is 26.2 Å². The highest BCUT2D eigenvalue weighted by molar-refractivity contribution is 5.88. The molecule has 2 saturated heterocycles. The molecule has 2 aromatic carbocycles. The number of methoxy groups -OCH3 is 1. The number of ether oxygens (including phenoxy) is 5. The van der Waals surface area contributed by atoms with E-state index in [4.69, 9.17) is 28.1 Å². The van der Waals surface area contributed by atoms with Crippen molar-refractivity contribution in [1.29, 1.82) is 0 Å². The van der Waals surface area contributed by atoms with Crippen molar-refractivity contribution in [2.24, 2.45) is 0 Å². The lowest BCUT2D eigenvalue weighted by Gasteiger charge is -2.42. The first kappa shape index (κ1) is 31.7. The van der Waals surface area contributed by atoms with Gasteiger partial charge in [0.05, 0.1) is 31.5 Å². The van der Waals surface area contributed by atoms with Gasteiger partial charge in [0.1, 0.15) is 59.6 Å². The topological polar surface area (TPSA) is 260 Å². The lowest BCUT2D eigenvalue weighted by Crippen LogP contribution is -2.61. The van der Waals surface area contributed by atoms with Crippen molar-refractivity contribution in [3.05, 3.63) is 30.3 Å². The summed E-state index contributed by atoms with van der Waals surface area (Å²) < 4.78 is 33.3. The SMILES string of the molecule is COc1c(O)cc(-c2[o+]c3cc(O)cc(O)c3cc2O[C@@H]2O[C@H](CO[C@@H]3O[C@@H](C)[C@H](O)[C@@H](O)[C@H]3O)[C@@H](O)[C@H](O)[C@H]2O)cc1O. The van der Waals surface area contributed by atoms with Gasteiger partial charge in [-0.3, -0.25) is 0 Å². The van der Waals surface area contributed by atoms with Crippen LogP contribution in [0, 0.1) is 0 Å². The van der Waals surface area contributed by atoms with Gasteiger partial charge in [0.15, 0.2) is 17.8 Å². The standard InChI is InChI=1S/C28H32O16/c1-9-19(33)21(35)23(37)27(41-9)40-8-18-20(34)22(36)24(38)28(44-18)43-17-7-12-13(30)5-11(29)6-16(12)42-25(17)10-3-14(31)26(39-2)15(32)4-10/h3-7,9,18-24,27-28,33-38H,8H2,1-2H3,(H3-,29,30,31,32)/p+1/t9-,18+,19-,20+,21+,22-,23+,24+,27+,28+/m0/s1. The summed E-state index contributed by atoms with van der Waals surface area (Å²) in [6, 6.07) is 5.79. The maximum Gasteiger partial charge on any atom is 0.402 e. The highest BCUT2D eigenvalue weighted by Crippen LogP contribution is 2.45. The summed E-state index contributed by atoms with van der Waals surface area (Å²) >= 11 is 0. The number of hydrogen-bond donors (Lipinski definition) is 10. The Morgan fingerprint density at radius 1 is 0.727 bits per heavy atom. The molecule has 0 spiro atoms. The van der Waals surface area contributed by atoms with Gasteiger partial charge < -0.3 is 74.7 Å². The smallest absolute Gasteiger partial charge is 0.402 e. The zero-order chi connectivity index (χ0) is 32.0. The molecule has 0 aliphatic carbocycles. The van der Waals surface area contributed by atoms with Crippen LogP contribution in [0.5, 0.6) is 34.5 Å². The number of aliphatic hydroxyl groups excluding tert-OH is 6. The predicted molar refractivity (Wildman–Crippen MR) is 145 cm³/mol. The van der Waals surface area contributed by atoms with Crippen LogP contribution in [0.1, 0.15) is 6.92 Å². The van der Waals surface area contributed by atoms with Gasteiger partial charge in [-0.05, 0) is 6.92 Å². The minimum absolute atomic E-state index is 0.0181. The number of hydrogen-bond acceptors (Lipinski definition) is 15. The molecule has 2 aliphatic rings. The summed E-state index contributed by atoms with van der Waals surface area (Å²) in [5.74, 6) is -2.39. The zero-order valence-electron chi connectivity index (χ0n) is 23.3. The largest absolute Gasteiger partial charge is 0.507 e. The Balaban J connectivity index is 1.46. The van der Waals surface area contributed by atoms with Gasteiger partial charge >= 0.3 is 11.3 Å². The highest BCUT2D eigenvalue weighted by Gasteiger charge is 2.48. The fourth-order valence-corrected chi connectivity index (χ4v) is 5.03.